The van der Waals surface area contributed by atoms with Crippen molar-refractivity contribution in [2.45, 2.75) is 24.4 Å². The van der Waals surface area contributed by atoms with Gasteiger partial charge in [-0.15, -0.1) is 10.2 Å². The molecule has 0 N–H and O–H groups in total. The summed E-state index contributed by atoms with van der Waals surface area (Å²) in [5, 5.41) is 12.4. The summed E-state index contributed by atoms with van der Waals surface area (Å²) in [7, 11) is 0. The molecule has 4 aromatic rings. The Morgan fingerprint density at radius 1 is 0.840 bits per heavy atom. The SMILES string of the molecule is CCn1c(SCc2ccc3ccccc3c2)nnc1-c1ccccc1. The molecule has 1 heterocycles. The standard InChI is InChI=1S/C21H19N3S/c1-2-24-20(18-9-4-3-5-10-18)22-23-21(24)25-15-16-12-13-17-8-6-7-11-19(17)14-16/h3-14H,2,15H2,1H3. The van der Waals surface area contributed by atoms with Crippen LogP contribution < -0.4 is 0 Å². The van der Waals surface area contributed by atoms with E-state index in [0.29, 0.717) is 0 Å². The smallest absolute Gasteiger partial charge is 0.191 e. The van der Waals surface area contributed by atoms with Crippen LogP contribution in [-0.2, 0) is 12.3 Å². The van der Waals surface area contributed by atoms with Crippen molar-refractivity contribution < 1.29 is 0 Å². The van der Waals surface area contributed by atoms with E-state index in [1.54, 1.807) is 11.8 Å². The molecule has 0 saturated carbocycles. The molecular formula is C21H19N3S. The zero-order valence-corrected chi connectivity index (χ0v) is 14.9. The summed E-state index contributed by atoms with van der Waals surface area (Å²) >= 11 is 1.74. The van der Waals surface area contributed by atoms with Crippen LogP contribution in [0.15, 0.2) is 78.0 Å². The first-order valence-electron chi connectivity index (χ1n) is 8.44. The predicted octanol–water partition coefficient (Wildman–Crippen LogP) is 5.41. The quantitative estimate of drug-likeness (QED) is 0.453. The lowest BCUT2D eigenvalue weighted by Crippen LogP contribution is -1.99. The van der Waals surface area contributed by atoms with Gasteiger partial charge >= 0.3 is 0 Å². The first-order chi connectivity index (χ1) is 12.3. The fourth-order valence-corrected chi connectivity index (χ4v) is 3.90. The lowest BCUT2D eigenvalue weighted by Gasteiger charge is -2.08. The number of hydrogen-bond acceptors (Lipinski definition) is 3. The fraction of sp³-hybridized carbons (Fsp3) is 0.143. The molecule has 0 fully saturated rings. The van der Waals surface area contributed by atoms with Crippen LogP contribution in [0.4, 0.5) is 0 Å². The van der Waals surface area contributed by atoms with Crippen LogP contribution in [0.5, 0.6) is 0 Å². The normalized spacial score (nSPS) is 11.1. The van der Waals surface area contributed by atoms with Crippen molar-refractivity contribution in [3.63, 3.8) is 0 Å². The van der Waals surface area contributed by atoms with E-state index in [1.807, 2.05) is 18.2 Å². The Balaban J connectivity index is 1.57. The van der Waals surface area contributed by atoms with Crippen molar-refractivity contribution in [3.8, 4) is 11.4 Å². The number of rotatable bonds is 5. The Morgan fingerprint density at radius 3 is 2.40 bits per heavy atom. The average Bonchev–Trinajstić information content (AvgIpc) is 3.10. The summed E-state index contributed by atoms with van der Waals surface area (Å²) in [4.78, 5) is 0. The van der Waals surface area contributed by atoms with Gasteiger partial charge in [-0.2, -0.15) is 0 Å². The number of fused-ring (bicyclic) bond motifs is 1. The Labute approximate surface area is 151 Å². The average molecular weight is 345 g/mol. The lowest BCUT2D eigenvalue weighted by atomic mass is 10.1. The van der Waals surface area contributed by atoms with Gasteiger partial charge in [-0.05, 0) is 23.3 Å². The highest BCUT2D eigenvalue weighted by atomic mass is 32.2. The molecule has 0 radical (unpaired) electrons. The molecule has 25 heavy (non-hydrogen) atoms. The van der Waals surface area contributed by atoms with Gasteiger partial charge in [-0.3, -0.25) is 0 Å². The highest BCUT2D eigenvalue weighted by Crippen LogP contribution is 2.27. The van der Waals surface area contributed by atoms with Gasteiger partial charge in [0.2, 0.25) is 0 Å². The zero-order valence-electron chi connectivity index (χ0n) is 14.1. The first kappa shape index (κ1) is 15.9. The van der Waals surface area contributed by atoms with Gasteiger partial charge in [0.15, 0.2) is 11.0 Å². The third-order valence-electron chi connectivity index (χ3n) is 4.25. The van der Waals surface area contributed by atoms with Crippen LogP contribution in [0, 0.1) is 0 Å². The minimum atomic E-state index is 0.858. The second-order valence-electron chi connectivity index (χ2n) is 5.89. The molecular weight excluding hydrogens is 326 g/mol. The maximum absolute atomic E-state index is 4.42. The molecule has 124 valence electrons. The predicted molar refractivity (Wildman–Crippen MR) is 105 cm³/mol. The van der Waals surface area contributed by atoms with Crippen molar-refractivity contribution in [2.24, 2.45) is 0 Å². The lowest BCUT2D eigenvalue weighted by molar-refractivity contribution is 0.687. The minimum Gasteiger partial charge on any atom is -0.302 e. The molecule has 0 aliphatic heterocycles. The molecule has 0 bridgehead atoms. The van der Waals surface area contributed by atoms with Crippen LogP contribution in [0.25, 0.3) is 22.2 Å². The molecule has 0 aliphatic carbocycles. The van der Waals surface area contributed by atoms with E-state index < -0.39 is 0 Å². The molecule has 0 amide bonds. The monoisotopic (exact) mass is 345 g/mol. The molecule has 3 aromatic carbocycles. The van der Waals surface area contributed by atoms with E-state index in [0.717, 1.165) is 28.8 Å². The van der Waals surface area contributed by atoms with E-state index in [4.69, 9.17) is 0 Å². The fourth-order valence-electron chi connectivity index (χ4n) is 2.96. The maximum Gasteiger partial charge on any atom is 0.191 e. The topological polar surface area (TPSA) is 30.7 Å². The van der Waals surface area contributed by atoms with Gasteiger partial charge in [0.1, 0.15) is 0 Å². The summed E-state index contributed by atoms with van der Waals surface area (Å²) in [6.45, 7) is 2.99. The van der Waals surface area contributed by atoms with E-state index >= 15 is 0 Å². The summed E-state index contributed by atoms with van der Waals surface area (Å²) in [6.07, 6.45) is 0. The number of hydrogen-bond donors (Lipinski definition) is 0. The summed E-state index contributed by atoms with van der Waals surface area (Å²) in [6, 6.07) is 25.3. The van der Waals surface area contributed by atoms with Crippen molar-refractivity contribution >= 4 is 22.5 Å². The zero-order chi connectivity index (χ0) is 17.1. The molecule has 3 nitrogen and oxygen atoms in total. The summed E-state index contributed by atoms with van der Waals surface area (Å²) in [5.41, 5.74) is 2.41. The molecule has 4 rings (SSSR count). The van der Waals surface area contributed by atoms with Crippen LogP contribution in [0.2, 0.25) is 0 Å². The van der Waals surface area contributed by atoms with E-state index in [9.17, 15) is 0 Å². The Morgan fingerprint density at radius 2 is 1.60 bits per heavy atom. The molecule has 0 spiro atoms. The Hall–Kier alpha value is -2.59. The second-order valence-corrected chi connectivity index (χ2v) is 6.83. The van der Waals surface area contributed by atoms with Crippen molar-refractivity contribution in [2.75, 3.05) is 0 Å². The molecule has 4 heteroatoms. The van der Waals surface area contributed by atoms with E-state index in [1.165, 1.54) is 16.3 Å². The highest BCUT2D eigenvalue weighted by Gasteiger charge is 2.13. The number of nitrogens with zero attached hydrogens (tertiary/aromatic N) is 3. The van der Waals surface area contributed by atoms with E-state index in [-0.39, 0.29) is 0 Å². The van der Waals surface area contributed by atoms with Gasteiger partial charge in [0.05, 0.1) is 0 Å². The Kier molecular flexibility index (Phi) is 4.53. The Bertz CT molecular complexity index is 992. The number of benzene rings is 3. The minimum absolute atomic E-state index is 0.858. The summed E-state index contributed by atoms with van der Waals surface area (Å²) in [5.74, 6) is 1.82. The number of thioether (sulfide) groups is 1. The number of aromatic nitrogens is 3. The van der Waals surface area contributed by atoms with Crippen LogP contribution >= 0.6 is 11.8 Å². The van der Waals surface area contributed by atoms with Crippen molar-refractivity contribution in [3.05, 3.63) is 78.4 Å². The molecule has 0 atom stereocenters. The van der Waals surface area contributed by atoms with Gasteiger partial charge < -0.3 is 4.57 Å². The highest BCUT2D eigenvalue weighted by molar-refractivity contribution is 7.98. The van der Waals surface area contributed by atoms with Crippen LogP contribution in [0.1, 0.15) is 12.5 Å². The van der Waals surface area contributed by atoms with Crippen molar-refractivity contribution in [1.29, 1.82) is 0 Å². The summed E-state index contributed by atoms with van der Waals surface area (Å²) < 4.78 is 2.18. The van der Waals surface area contributed by atoms with Crippen molar-refractivity contribution in [1.82, 2.24) is 14.8 Å². The molecule has 0 unspecified atom stereocenters. The first-order valence-corrected chi connectivity index (χ1v) is 9.43. The maximum atomic E-state index is 4.42. The van der Waals surface area contributed by atoms with Crippen LogP contribution in [-0.4, -0.2) is 14.8 Å². The van der Waals surface area contributed by atoms with Gasteiger partial charge in [0, 0.05) is 17.9 Å². The van der Waals surface area contributed by atoms with Gasteiger partial charge in [-0.25, -0.2) is 0 Å². The molecule has 1 aromatic heterocycles. The molecule has 0 aliphatic rings. The largest absolute Gasteiger partial charge is 0.302 e. The van der Waals surface area contributed by atoms with Crippen LogP contribution in [0.3, 0.4) is 0 Å². The van der Waals surface area contributed by atoms with Gasteiger partial charge in [0.25, 0.3) is 0 Å². The van der Waals surface area contributed by atoms with Gasteiger partial charge in [-0.1, -0.05) is 84.6 Å². The molecule has 0 saturated heterocycles. The third-order valence-corrected chi connectivity index (χ3v) is 5.28. The van der Waals surface area contributed by atoms with E-state index in [2.05, 4.69) is 76.3 Å². The second kappa shape index (κ2) is 7.11. The third kappa shape index (κ3) is 3.30.